The quantitative estimate of drug-likeness (QED) is 0.796. The number of benzene rings is 2. The molecule has 0 aliphatic carbocycles. The summed E-state index contributed by atoms with van der Waals surface area (Å²) in [6, 6.07) is 11.3. The van der Waals surface area contributed by atoms with Crippen molar-refractivity contribution in [3.05, 3.63) is 42.0 Å². The highest BCUT2D eigenvalue weighted by Gasteiger charge is 2.11. The van der Waals surface area contributed by atoms with E-state index in [1.54, 1.807) is 6.07 Å². The van der Waals surface area contributed by atoms with E-state index in [4.69, 9.17) is 9.47 Å². The molecule has 0 amide bonds. The number of hydrogen-bond donors (Lipinski definition) is 1. The van der Waals surface area contributed by atoms with Gasteiger partial charge in [-0.2, -0.15) is 0 Å². The van der Waals surface area contributed by atoms with Crippen molar-refractivity contribution in [2.45, 2.75) is 26.1 Å². The monoisotopic (exact) mass is 288 g/mol. The van der Waals surface area contributed by atoms with E-state index in [1.165, 1.54) is 0 Å². The molecule has 4 nitrogen and oxygen atoms in total. The molecule has 0 saturated heterocycles. The zero-order valence-corrected chi connectivity index (χ0v) is 12.3. The lowest BCUT2D eigenvalue weighted by Gasteiger charge is -2.16. The maximum Gasteiger partial charge on any atom is 0.154 e. The lowest BCUT2D eigenvalue weighted by Crippen LogP contribution is -2.25. The number of aliphatic hydroxyl groups is 1. The lowest BCUT2D eigenvalue weighted by molar-refractivity contribution is -0.0123. The molecule has 2 aromatic carbocycles. The first-order valence-corrected chi connectivity index (χ1v) is 7.01. The molecule has 0 bridgehead atoms. The van der Waals surface area contributed by atoms with Crippen LogP contribution in [-0.4, -0.2) is 36.8 Å². The summed E-state index contributed by atoms with van der Waals surface area (Å²) in [5.74, 6) is 0.479. The number of rotatable bonds is 7. The number of hydrogen-bond acceptors (Lipinski definition) is 4. The van der Waals surface area contributed by atoms with Crippen molar-refractivity contribution < 1.29 is 19.4 Å². The third kappa shape index (κ3) is 4.03. The van der Waals surface area contributed by atoms with E-state index in [2.05, 4.69) is 0 Å². The molecule has 0 spiro atoms. The van der Waals surface area contributed by atoms with E-state index in [9.17, 15) is 9.90 Å². The number of carbonyl (C=O) groups is 1. The van der Waals surface area contributed by atoms with Crippen LogP contribution in [0.4, 0.5) is 0 Å². The van der Waals surface area contributed by atoms with Gasteiger partial charge in [0, 0.05) is 0 Å². The molecule has 2 rings (SSSR count). The molecule has 112 valence electrons. The summed E-state index contributed by atoms with van der Waals surface area (Å²) in [5, 5.41) is 11.6. The van der Waals surface area contributed by atoms with Gasteiger partial charge in [-0.1, -0.05) is 30.3 Å². The summed E-state index contributed by atoms with van der Waals surface area (Å²) in [4.78, 5) is 11.3. The highest BCUT2D eigenvalue weighted by molar-refractivity contribution is 6.00. The van der Waals surface area contributed by atoms with Gasteiger partial charge in [-0.3, -0.25) is 4.79 Å². The second kappa shape index (κ2) is 7.20. The predicted octanol–water partition coefficient (Wildman–Crippen LogP) is 2.82. The van der Waals surface area contributed by atoms with Gasteiger partial charge in [-0.25, -0.2) is 0 Å². The van der Waals surface area contributed by atoms with Crippen LogP contribution in [0.3, 0.4) is 0 Å². The molecule has 0 aliphatic rings. The van der Waals surface area contributed by atoms with Crippen molar-refractivity contribution in [3.8, 4) is 5.75 Å². The van der Waals surface area contributed by atoms with E-state index >= 15 is 0 Å². The Bertz CT molecular complexity index is 607. The van der Waals surface area contributed by atoms with Gasteiger partial charge in [0.2, 0.25) is 0 Å². The van der Waals surface area contributed by atoms with Crippen LogP contribution in [-0.2, 0) is 4.74 Å². The molecule has 1 unspecified atom stereocenters. The fourth-order valence-corrected chi connectivity index (χ4v) is 2.06. The maximum absolute atomic E-state index is 11.3. The molecule has 0 aliphatic heterocycles. The highest BCUT2D eigenvalue weighted by atomic mass is 16.5. The number of aliphatic hydroxyl groups excluding tert-OH is 1. The Morgan fingerprint density at radius 1 is 1.14 bits per heavy atom. The van der Waals surface area contributed by atoms with Gasteiger partial charge in [0.1, 0.15) is 18.5 Å². The Kier molecular flexibility index (Phi) is 5.31. The lowest BCUT2D eigenvalue weighted by atomic mass is 10.0. The van der Waals surface area contributed by atoms with Crippen LogP contribution in [0.5, 0.6) is 5.75 Å². The largest absolute Gasteiger partial charge is 0.490 e. The van der Waals surface area contributed by atoms with Gasteiger partial charge in [0.25, 0.3) is 0 Å². The summed E-state index contributed by atoms with van der Waals surface area (Å²) in [6.45, 7) is 4.11. The Labute approximate surface area is 124 Å². The highest BCUT2D eigenvalue weighted by Crippen LogP contribution is 2.26. The third-order valence-electron chi connectivity index (χ3n) is 3.10. The number of carbonyl (C=O) groups excluding carboxylic acids is 1. The van der Waals surface area contributed by atoms with Crippen LogP contribution >= 0.6 is 0 Å². The van der Waals surface area contributed by atoms with Gasteiger partial charge in [-0.15, -0.1) is 0 Å². The summed E-state index contributed by atoms with van der Waals surface area (Å²) < 4.78 is 10.9. The van der Waals surface area contributed by atoms with Gasteiger partial charge < -0.3 is 14.6 Å². The first kappa shape index (κ1) is 15.5. The van der Waals surface area contributed by atoms with E-state index in [0.29, 0.717) is 11.3 Å². The minimum absolute atomic E-state index is 0.0610. The summed E-state index contributed by atoms with van der Waals surface area (Å²) >= 11 is 0. The van der Waals surface area contributed by atoms with Crippen LogP contribution in [0, 0.1) is 0 Å². The molecule has 1 N–H and O–H groups in total. The maximum atomic E-state index is 11.3. The molecule has 0 aromatic heterocycles. The molecule has 0 fully saturated rings. The average Bonchev–Trinajstić information content (AvgIpc) is 2.50. The Hall–Kier alpha value is -1.91. The molecule has 0 saturated carbocycles. The molecule has 0 radical (unpaired) electrons. The van der Waals surface area contributed by atoms with Crippen LogP contribution in [0.15, 0.2) is 36.4 Å². The predicted molar refractivity (Wildman–Crippen MR) is 81.9 cm³/mol. The fourth-order valence-electron chi connectivity index (χ4n) is 2.06. The van der Waals surface area contributed by atoms with Gasteiger partial charge in [-0.05, 0) is 30.7 Å². The van der Waals surface area contributed by atoms with E-state index in [-0.39, 0.29) is 19.3 Å². The number of aldehydes is 1. The molecular weight excluding hydrogens is 268 g/mol. The second-order valence-corrected chi connectivity index (χ2v) is 5.16. The SMILES string of the molecule is CC(C)OCC(O)COc1ccc2ccccc2c1C=O. The summed E-state index contributed by atoms with van der Waals surface area (Å²) in [5.41, 5.74) is 0.505. The smallest absolute Gasteiger partial charge is 0.154 e. The van der Waals surface area contributed by atoms with Crippen molar-refractivity contribution >= 4 is 17.1 Å². The summed E-state index contributed by atoms with van der Waals surface area (Å²) in [6.07, 6.45) is 0.124. The van der Waals surface area contributed by atoms with Crippen LogP contribution in [0.1, 0.15) is 24.2 Å². The minimum Gasteiger partial charge on any atom is -0.490 e. The van der Waals surface area contributed by atoms with Gasteiger partial charge in [0.15, 0.2) is 6.29 Å². The van der Waals surface area contributed by atoms with Crippen molar-refractivity contribution in [2.75, 3.05) is 13.2 Å². The zero-order chi connectivity index (χ0) is 15.2. The number of fused-ring (bicyclic) bond motifs is 1. The van der Waals surface area contributed by atoms with Crippen molar-refractivity contribution in [3.63, 3.8) is 0 Å². The molecule has 1 atom stereocenters. The Morgan fingerprint density at radius 3 is 2.62 bits per heavy atom. The molecular formula is C17H20O4. The van der Waals surface area contributed by atoms with Crippen LogP contribution in [0.2, 0.25) is 0 Å². The molecule has 2 aromatic rings. The Balaban J connectivity index is 2.10. The topological polar surface area (TPSA) is 55.8 Å². The minimum atomic E-state index is -0.724. The Morgan fingerprint density at radius 2 is 1.90 bits per heavy atom. The second-order valence-electron chi connectivity index (χ2n) is 5.16. The van der Waals surface area contributed by atoms with E-state index in [0.717, 1.165) is 17.1 Å². The zero-order valence-electron chi connectivity index (χ0n) is 12.3. The standard InChI is InChI=1S/C17H20O4/c1-12(2)20-10-14(19)11-21-17-8-7-13-5-3-4-6-15(13)16(17)9-18/h3-9,12,14,19H,10-11H2,1-2H3. The van der Waals surface area contributed by atoms with Crippen molar-refractivity contribution in [1.29, 1.82) is 0 Å². The van der Waals surface area contributed by atoms with Crippen LogP contribution in [0.25, 0.3) is 10.8 Å². The number of ether oxygens (including phenoxy) is 2. The molecule has 0 heterocycles. The van der Waals surface area contributed by atoms with Gasteiger partial charge >= 0.3 is 0 Å². The summed E-state index contributed by atoms with van der Waals surface area (Å²) in [7, 11) is 0. The first-order chi connectivity index (χ1) is 10.1. The average molecular weight is 288 g/mol. The third-order valence-corrected chi connectivity index (χ3v) is 3.10. The van der Waals surface area contributed by atoms with Crippen LogP contribution < -0.4 is 4.74 Å². The first-order valence-electron chi connectivity index (χ1n) is 7.01. The van der Waals surface area contributed by atoms with E-state index in [1.807, 2.05) is 44.2 Å². The van der Waals surface area contributed by atoms with Gasteiger partial charge in [0.05, 0.1) is 18.3 Å². The van der Waals surface area contributed by atoms with Crippen molar-refractivity contribution in [1.82, 2.24) is 0 Å². The van der Waals surface area contributed by atoms with Crippen molar-refractivity contribution in [2.24, 2.45) is 0 Å². The van der Waals surface area contributed by atoms with E-state index < -0.39 is 6.10 Å². The normalized spacial score (nSPS) is 12.6. The fraction of sp³-hybridized carbons (Fsp3) is 0.353. The molecule has 4 heteroatoms. The molecule has 21 heavy (non-hydrogen) atoms.